The van der Waals surface area contributed by atoms with Gasteiger partial charge in [0, 0.05) is 18.0 Å². The molecular weight excluding hydrogens is 517 g/mol. The zero-order chi connectivity index (χ0) is 27.2. The van der Waals surface area contributed by atoms with Gasteiger partial charge in [0.1, 0.15) is 23.0 Å². The second-order valence-corrected chi connectivity index (χ2v) is 10.9. The highest BCUT2D eigenvalue weighted by Gasteiger charge is 2.31. The van der Waals surface area contributed by atoms with E-state index >= 15 is 0 Å². The topological polar surface area (TPSA) is 129 Å². The molecule has 1 aliphatic carbocycles. The Bertz CT molecular complexity index is 1650. The molecule has 1 aromatic heterocycles. The van der Waals surface area contributed by atoms with Crippen LogP contribution >= 0.6 is 0 Å². The molecule has 38 heavy (non-hydrogen) atoms. The minimum atomic E-state index is -4.10. The molecule has 0 bridgehead atoms. The van der Waals surface area contributed by atoms with E-state index in [4.69, 9.17) is 4.42 Å². The van der Waals surface area contributed by atoms with E-state index < -0.39 is 40.4 Å². The van der Waals surface area contributed by atoms with E-state index in [-0.39, 0.29) is 34.0 Å². The number of anilines is 1. The van der Waals surface area contributed by atoms with Gasteiger partial charge in [-0.25, -0.2) is 17.2 Å². The van der Waals surface area contributed by atoms with E-state index in [0.717, 1.165) is 30.5 Å². The lowest BCUT2D eigenvalue weighted by molar-refractivity contribution is 0.0964. The normalized spacial score (nSPS) is 13.5. The first-order chi connectivity index (χ1) is 18.1. The smallest absolute Gasteiger partial charge is 0.455 e. The summed E-state index contributed by atoms with van der Waals surface area (Å²) in [5, 5.41) is 21.5. The van der Waals surface area contributed by atoms with E-state index in [0.29, 0.717) is 16.5 Å². The van der Waals surface area contributed by atoms with Gasteiger partial charge in [0.15, 0.2) is 0 Å². The van der Waals surface area contributed by atoms with Crippen LogP contribution in [0.15, 0.2) is 59.0 Å². The number of carbonyl (C=O) groups is 1. The second kappa shape index (κ2) is 9.86. The van der Waals surface area contributed by atoms with Crippen molar-refractivity contribution in [3.05, 3.63) is 82.9 Å². The van der Waals surface area contributed by atoms with Gasteiger partial charge >= 0.3 is 7.12 Å². The molecule has 3 aromatic carbocycles. The third-order valence-electron chi connectivity index (χ3n) is 6.43. The number of amides is 1. The molecule has 0 saturated heterocycles. The molecule has 0 unspecified atom stereocenters. The van der Waals surface area contributed by atoms with Crippen molar-refractivity contribution in [2.75, 3.05) is 11.8 Å². The maximum absolute atomic E-state index is 14.4. The van der Waals surface area contributed by atoms with Gasteiger partial charge in [0.25, 0.3) is 5.91 Å². The van der Waals surface area contributed by atoms with Crippen molar-refractivity contribution >= 4 is 45.2 Å². The monoisotopic (exact) mass is 540 g/mol. The highest BCUT2D eigenvalue weighted by molar-refractivity contribution is 7.91. The summed E-state index contributed by atoms with van der Waals surface area (Å²) in [5.41, 5.74) is 1.77. The van der Waals surface area contributed by atoms with E-state index in [2.05, 4.69) is 10.0 Å². The predicted molar refractivity (Wildman–Crippen MR) is 139 cm³/mol. The van der Waals surface area contributed by atoms with Gasteiger partial charge < -0.3 is 19.8 Å². The molecule has 0 spiro atoms. The molecule has 0 atom stereocenters. The Hall–Kier alpha value is -3.74. The maximum Gasteiger partial charge on any atom is 0.488 e. The predicted octanol–water partition coefficient (Wildman–Crippen LogP) is 3.24. The molecule has 1 aliphatic rings. The van der Waals surface area contributed by atoms with Crippen molar-refractivity contribution in [1.29, 1.82) is 0 Å². The molecule has 12 heteroatoms. The van der Waals surface area contributed by atoms with Gasteiger partial charge in [0.2, 0.25) is 10.0 Å². The molecule has 196 valence electrons. The van der Waals surface area contributed by atoms with Gasteiger partial charge in [-0.2, -0.15) is 0 Å². The molecule has 4 N–H and O–H groups in total. The summed E-state index contributed by atoms with van der Waals surface area (Å²) in [7, 11) is -4.51. The lowest BCUT2D eigenvalue weighted by atomic mass is 9.80. The number of halogens is 2. The number of rotatable bonds is 8. The van der Waals surface area contributed by atoms with Crippen molar-refractivity contribution in [1.82, 2.24) is 5.32 Å². The van der Waals surface area contributed by atoms with Crippen molar-refractivity contribution < 1.29 is 36.5 Å². The highest BCUT2D eigenvalue weighted by Crippen LogP contribution is 2.45. The molecule has 1 amide bonds. The van der Waals surface area contributed by atoms with Crippen LogP contribution in [0.5, 0.6) is 0 Å². The molecule has 8 nitrogen and oxygen atoms in total. The SMILES string of the molecule is CNC(=O)c1c(-c2ccc(F)cc2)oc2cc(CS(=O)(=O)Nc3ccc(B(O)O)cc3F)c(C3CC3)cc12. The molecule has 1 fully saturated rings. The fourth-order valence-electron chi connectivity index (χ4n) is 4.44. The van der Waals surface area contributed by atoms with Crippen LogP contribution in [0.1, 0.15) is 40.2 Å². The van der Waals surface area contributed by atoms with Crippen LogP contribution in [0.25, 0.3) is 22.3 Å². The average molecular weight is 540 g/mol. The van der Waals surface area contributed by atoms with E-state index in [1.165, 1.54) is 37.4 Å². The Morgan fingerprint density at radius 3 is 2.39 bits per heavy atom. The quantitative estimate of drug-likeness (QED) is 0.254. The molecular formula is C26H23BF2N2O6S. The Morgan fingerprint density at radius 1 is 1.08 bits per heavy atom. The molecule has 1 heterocycles. The molecule has 1 saturated carbocycles. The minimum Gasteiger partial charge on any atom is -0.455 e. The van der Waals surface area contributed by atoms with E-state index in [9.17, 15) is 32.0 Å². The Balaban J connectivity index is 1.56. The Labute approximate surface area is 217 Å². The zero-order valence-corrected chi connectivity index (χ0v) is 21.0. The zero-order valence-electron chi connectivity index (χ0n) is 20.2. The van der Waals surface area contributed by atoms with Crippen LogP contribution in [0.2, 0.25) is 0 Å². The first-order valence-corrected chi connectivity index (χ1v) is 13.4. The number of nitrogens with one attached hydrogen (secondary N) is 2. The fourth-order valence-corrected chi connectivity index (χ4v) is 5.67. The number of fused-ring (bicyclic) bond motifs is 1. The van der Waals surface area contributed by atoms with Crippen LogP contribution in [0, 0.1) is 11.6 Å². The van der Waals surface area contributed by atoms with Gasteiger partial charge in [-0.15, -0.1) is 0 Å². The summed E-state index contributed by atoms with van der Waals surface area (Å²) in [6.07, 6.45) is 1.70. The van der Waals surface area contributed by atoms with Gasteiger partial charge in [-0.3, -0.25) is 9.52 Å². The van der Waals surface area contributed by atoms with Crippen LogP contribution in [0.3, 0.4) is 0 Å². The number of sulfonamides is 1. The number of benzene rings is 3. The summed E-state index contributed by atoms with van der Waals surface area (Å²) < 4.78 is 62.3. The van der Waals surface area contributed by atoms with Crippen molar-refractivity contribution in [3.8, 4) is 11.3 Å². The van der Waals surface area contributed by atoms with Crippen LogP contribution in [-0.2, 0) is 15.8 Å². The summed E-state index contributed by atoms with van der Waals surface area (Å²) in [6, 6.07) is 12.0. The number of hydrogen-bond donors (Lipinski definition) is 4. The summed E-state index contributed by atoms with van der Waals surface area (Å²) in [6.45, 7) is 0. The third-order valence-corrected chi connectivity index (χ3v) is 7.65. The summed E-state index contributed by atoms with van der Waals surface area (Å²) in [4.78, 5) is 12.8. The summed E-state index contributed by atoms with van der Waals surface area (Å²) in [5.74, 6) is -1.96. The molecule has 0 aliphatic heterocycles. The Morgan fingerprint density at radius 2 is 1.79 bits per heavy atom. The van der Waals surface area contributed by atoms with Crippen molar-refractivity contribution in [3.63, 3.8) is 0 Å². The third kappa shape index (κ3) is 5.15. The fraction of sp³-hybridized carbons (Fsp3) is 0.192. The summed E-state index contributed by atoms with van der Waals surface area (Å²) >= 11 is 0. The number of carbonyl (C=O) groups excluding carboxylic acids is 1. The van der Waals surface area contributed by atoms with Crippen LogP contribution in [-0.4, -0.2) is 38.5 Å². The Kier molecular flexibility index (Phi) is 6.72. The molecule has 4 aromatic rings. The number of hydrogen-bond acceptors (Lipinski definition) is 6. The van der Waals surface area contributed by atoms with Gasteiger partial charge in [0.05, 0.1) is 17.0 Å². The van der Waals surface area contributed by atoms with Crippen molar-refractivity contribution in [2.45, 2.75) is 24.5 Å². The minimum absolute atomic E-state index is 0.105. The van der Waals surface area contributed by atoms with Gasteiger partial charge in [-0.05, 0) is 83.9 Å². The van der Waals surface area contributed by atoms with Crippen LogP contribution in [0.4, 0.5) is 14.5 Å². The second-order valence-electron chi connectivity index (χ2n) is 9.19. The number of furan rings is 1. The first kappa shape index (κ1) is 25.9. The largest absolute Gasteiger partial charge is 0.488 e. The first-order valence-electron chi connectivity index (χ1n) is 11.8. The molecule has 0 radical (unpaired) electrons. The lowest BCUT2D eigenvalue weighted by Crippen LogP contribution is -2.30. The molecule has 5 rings (SSSR count). The van der Waals surface area contributed by atoms with E-state index in [1.807, 2.05) is 0 Å². The lowest BCUT2D eigenvalue weighted by Gasteiger charge is -2.13. The maximum atomic E-state index is 14.4. The van der Waals surface area contributed by atoms with Crippen LogP contribution < -0.4 is 15.5 Å². The van der Waals surface area contributed by atoms with E-state index in [1.54, 1.807) is 12.1 Å². The standard InChI is InChI=1S/C26H23BF2N2O6S/c1-30-26(32)24-20-12-19(14-2-3-14)16(10-23(20)37-25(24)15-4-7-18(28)8-5-15)13-38(35,36)31-22-9-6-17(27(33)34)11-21(22)29/h4-12,14,31,33-34H,2-3,13H2,1H3,(H,30,32). The average Bonchev–Trinajstić information content (AvgIpc) is 3.65. The van der Waals surface area contributed by atoms with Gasteiger partial charge in [-0.1, -0.05) is 6.07 Å². The van der Waals surface area contributed by atoms with Crippen molar-refractivity contribution in [2.24, 2.45) is 0 Å². The highest BCUT2D eigenvalue weighted by atomic mass is 32.2.